The van der Waals surface area contributed by atoms with Crippen LogP contribution in [0.5, 0.6) is 0 Å². The van der Waals surface area contributed by atoms with Crippen molar-refractivity contribution in [3.8, 4) is 0 Å². The normalized spacial score (nSPS) is 10.8. The van der Waals surface area contributed by atoms with Gasteiger partial charge in [-0.1, -0.05) is 0 Å². The van der Waals surface area contributed by atoms with Crippen LogP contribution in [-0.2, 0) is 11.3 Å². The van der Waals surface area contributed by atoms with Gasteiger partial charge in [-0.3, -0.25) is 0 Å². The molecule has 2 aromatic heterocycles. The first-order valence-corrected chi connectivity index (χ1v) is 4.01. The summed E-state index contributed by atoms with van der Waals surface area (Å²) in [6.45, 7) is 0.476. The van der Waals surface area contributed by atoms with Crippen molar-refractivity contribution in [2.75, 3.05) is 6.61 Å². The lowest BCUT2D eigenvalue weighted by atomic mass is 10.3. The van der Waals surface area contributed by atoms with E-state index in [1.165, 1.54) is 0 Å². The van der Waals surface area contributed by atoms with Crippen LogP contribution in [0.15, 0.2) is 24.5 Å². The Kier molecular flexibility index (Phi) is 2.20. The number of nitrogens with zero attached hydrogens (tertiary/aromatic N) is 3. The van der Waals surface area contributed by atoms with Gasteiger partial charge in [0.1, 0.15) is 0 Å². The maximum Gasteiger partial charge on any atom is 0.155 e. The Hall–Kier alpha value is -1.46. The van der Waals surface area contributed by atoms with Crippen LogP contribution < -0.4 is 5.90 Å². The lowest BCUT2D eigenvalue weighted by molar-refractivity contribution is 0.140. The van der Waals surface area contributed by atoms with E-state index >= 15 is 0 Å². The molecule has 13 heavy (non-hydrogen) atoms. The quantitative estimate of drug-likeness (QED) is 0.680. The second kappa shape index (κ2) is 3.51. The van der Waals surface area contributed by atoms with E-state index in [9.17, 15) is 0 Å². The molecule has 5 nitrogen and oxygen atoms in total. The van der Waals surface area contributed by atoms with Gasteiger partial charge in [0.25, 0.3) is 0 Å². The average molecular weight is 178 g/mol. The van der Waals surface area contributed by atoms with E-state index in [-0.39, 0.29) is 0 Å². The van der Waals surface area contributed by atoms with Crippen LogP contribution in [0, 0.1) is 0 Å². The van der Waals surface area contributed by atoms with Crippen molar-refractivity contribution in [2.24, 2.45) is 5.90 Å². The lowest BCUT2D eigenvalue weighted by Gasteiger charge is -1.91. The molecule has 0 unspecified atom stereocenters. The largest absolute Gasteiger partial charge is 0.304 e. The van der Waals surface area contributed by atoms with E-state index in [2.05, 4.69) is 14.9 Å². The summed E-state index contributed by atoms with van der Waals surface area (Å²) in [5.41, 5.74) is 1.78. The monoisotopic (exact) mass is 178 g/mol. The van der Waals surface area contributed by atoms with Gasteiger partial charge in [0, 0.05) is 24.9 Å². The SMILES string of the molecule is NOCCc1cc2ncccn2n1. The minimum Gasteiger partial charge on any atom is -0.304 e. The molecule has 0 radical (unpaired) electrons. The molecule has 2 rings (SSSR count). The van der Waals surface area contributed by atoms with Crippen molar-refractivity contribution >= 4 is 5.65 Å². The molecule has 0 atom stereocenters. The predicted octanol–water partition coefficient (Wildman–Crippen LogP) is 0.162. The van der Waals surface area contributed by atoms with Crippen LogP contribution in [0.1, 0.15) is 5.69 Å². The first-order chi connectivity index (χ1) is 6.40. The number of rotatable bonds is 3. The van der Waals surface area contributed by atoms with Crippen LogP contribution in [-0.4, -0.2) is 21.2 Å². The van der Waals surface area contributed by atoms with Gasteiger partial charge in [0.05, 0.1) is 12.3 Å². The molecular weight excluding hydrogens is 168 g/mol. The van der Waals surface area contributed by atoms with Gasteiger partial charge in [-0.25, -0.2) is 15.4 Å². The van der Waals surface area contributed by atoms with E-state index < -0.39 is 0 Å². The van der Waals surface area contributed by atoms with E-state index in [4.69, 9.17) is 5.90 Å². The van der Waals surface area contributed by atoms with Crippen molar-refractivity contribution in [1.82, 2.24) is 14.6 Å². The molecule has 2 heterocycles. The minimum atomic E-state index is 0.476. The van der Waals surface area contributed by atoms with Gasteiger partial charge in [-0.05, 0) is 6.07 Å². The Morgan fingerprint density at radius 1 is 1.54 bits per heavy atom. The van der Waals surface area contributed by atoms with E-state index in [0.717, 1.165) is 11.3 Å². The summed E-state index contributed by atoms with van der Waals surface area (Å²) in [6, 6.07) is 3.75. The van der Waals surface area contributed by atoms with Crippen molar-refractivity contribution in [2.45, 2.75) is 6.42 Å². The highest BCUT2D eigenvalue weighted by atomic mass is 16.6. The third-order valence-corrected chi connectivity index (χ3v) is 1.76. The molecule has 5 heteroatoms. The summed E-state index contributed by atoms with van der Waals surface area (Å²) in [5.74, 6) is 4.92. The predicted molar refractivity (Wildman–Crippen MR) is 46.8 cm³/mol. The van der Waals surface area contributed by atoms with E-state index in [1.54, 1.807) is 10.7 Å². The fraction of sp³-hybridized carbons (Fsp3) is 0.250. The lowest BCUT2D eigenvalue weighted by Crippen LogP contribution is -2.04. The van der Waals surface area contributed by atoms with Crippen LogP contribution in [0.25, 0.3) is 5.65 Å². The smallest absolute Gasteiger partial charge is 0.155 e. The maximum absolute atomic E-state index is 4.92. The molecule has 0 spiro atoms. The summed E-state index contributed by atoms with van der Waals surface area (Å²) < 4.78 is 1.73. The second-order valence-corrected chi connectivity index (χ2v) is 2.68. The van der Waals surface area contributed by atoms with Crippen LogP contribution in [0.2, 0.25) is 0 Å². The molecule has 2 N–H and O–H groups in total. The first-order valence-electron chi connectivity index (χ1n) is 4.01. The molecule has 2 aromatic rings. The Labute approximate surface area is 75.1 Å². The number of aromatic nitrogens is 3. The standard InChI is InChI=1S/C8H10N4O/c9-13-5-2-7-6-8-10-3-1-4-12(8)11-7/h1,3-4,6H,2,5,9H2. The summed E-state index contributed by atoms with van der Waals surface area (Å²) in [4.78, 5) is 8.61. The maximum atomic E-state index is 4.92. The number of fused-ring (bicyclic) bond motifs is 1. The van der Waals surface area contributed by atoms with Gasteiger partial charge in [0.2, 0.25) is 0 Å². The zero-order chi connectivity index (χ0) is 9.10. The Balaban J connectivity index is 2.28. The third-order valence-electron chi connectivity index (χ3n) is 1.76. The van der Waals surface area contributed by atoms with Gasteiger partial charge < -0.3 is 4.84 Å². The van der Waals surface area contributed by atoms with Crippen molar-refractivity contribution in [1.29, 1.82) is 0 Å². The molecule has 0 saturated carbocycles. The van der Waals surface area contributed by atoms with Crippen LogP contribution >= 0.6 is 0 Å². The topological polar surface area (TPSA) is 65.4 Å². The summed E-state index contributed by atoms with van der Waals surface area (Å²) in [7, 11) is 0. The first kappa shape index (κ1) is 8.15. The third kappa shape index (κ3) is 1.66. The Morgan fingerprint density at radius 3 is 3.23 bits per heavy atom. The number of hydrogen-bond acceptors (Lipinski definition) is 4. The Bertz CT molecular complexity index is 365. The molecule has 0 bridgehead atoms. The zero-order valence-electron chi connectivity index (χ0n) is 7.05. The van der Waals surface area contributed by atoms with Gasteiger partial charge in [-0.15, -0.1) is 0 Å². The number of nitrogens with two attached hydrogens (primary N) is 1. The van der Waals surface area contributed by atoms with E-state index in [0.29, 0.717) is 13.0 Å². The highest BCUT2D eigenvalue weighted by molar-refractivity contribution is 5.38. The summed E-state index contributed by atoms with van der Waals surface area (Å²) in [6.07, 6.45) is 4.30. The Morgan fingerprint density at radius 2 is 2.46 bits per heavy atom. The highest BCUT2D eigenvalue weighted by Gasteiger charge is 2.00. The van der Waals surface area contributed by atoms with Crippen molar-refractivity contribution in [3.05, 3.63) is 30.2 Å². The molecule has 0 aliphatic carbocycles. The van der Waals surface area contributed by atoms with Crippen LogP contribution in [0.4, 0.5) is 0 Å². The molecular formula is C8H10N4O. The molecule has 0 aromatic carbocycles. The van der Waals surface area contributed by atoms with Crippen molar-refractivity contribution < 1.29 is 4.84 Å². The molecule has 0 aliphatic heterocycles. The summed E-state index contributed by atoms with van der Waals surface area (Å²) >= 11 is 0. The minimum absolute atomic E-state index is 0.476. The second-order valence-electron chi connectivity index (χ2n) is 2.68. The average Bonchev–Trinajstić information content (AvgIpc) is 2.57. The van der Waals surface area contributed by atoms with Crippen molar-refractivity contribution in [3.63, 3.8) is 0 Å². The summed E-state index contributed by atoms with van der Waals surface area (Å²) in [5, 5.41) is 4.27. The fourth-order valence-electron chi connectivity index (χ4n) is 1.16. The molecule has 0 fully saturated rings. The highest BCUT2D eigenvalue weighted by Crippen LogP contribution is 2.02. The molecule has 0 saturated heterocycles. The molecule has 0 amide bonds. The van der Waals surface area contributed by atoms with E-state index in [1.807, 2.05) is 18.3 Å². The van der Waals surface area contributed by atoms with Gasteiger partial charge in [-0.2, -0.15) is 5.10 Å². The molecule has 68 valence electrons. The zero-order valence-corrected chi connectivity index (χ0v) is 7.05. The number of hydrogen-bond donors (Lipinski definition) is 1. The van der Waals surface area contributed by atoms with Gasteiger partial charge in [0.15, 0.2) is 5.65 Å². The van der Waals surface area contributed by atoms with Crippen LogP contribution in [0.3, 0.4) is 0 Å². The van der Waals surface area contributed by atoms with Gasteiger partial charge >= 0.3 is 0 Å². The fourth-order valence-corrected chi connectivity index (χ4v) is 1.16. The molecule has 0 aliphatic rings.